The number of H-pyrrole nitrogens is 1. The molecule has 0 radical (unpaired) electrons. The van der Waals surface area contributed by atoms with E-state index in [-0.39, 0.29) is 6.79 Å². The molecular weight excluding hydrogens is 308 g/mol. The molecule has 0 amide bonds. The van der Waals surface area contributed by atoms with Crippen LogP contribution in [0.15, 0.2) is 36.7 Å². The number of hydrogen-bond donors (Lipinski definition) is 1. The number of nitrogens with zero attached hydrogens (tertiary/aromatic N) is 5. The molecular formula is C16H12N6O2. The molecule has 118 valence electrons. The van der Waals surface area contributed by atoms with Gasteiger partial charge in [0.15, 0.2) is 28.8 Å². The number of ether oxygens (including phenoxy) is 2. The average Bonchev–Trinajstić information content (AvgIpc) is 3.31. The Morgan fingerprint density at radius 3 is 3.00 bits per heavy atom. The smallest absolute Gasteiger partial charge is 0.231 e. The van der Waals surface area contributed by atoms with Crippen molar-refractivity contribution in [3.63, 3.8) is 0 Å². The maximum absolute atomic E-state index is 5.40. The van der Waals surface area contributed by atoms with E-state index in [9.17, 15) is 0 Å². The average molecular weight is 320 g/mol. The fourth-order valence-corrected chi connectivity index (χ4v) is 2.67. The van der Waals surface area contributed by atoms with Crippen LogP contribution in [-0.2, 0) is 0 Å². The van der Waals surface area contributed by atoms with E-state index in [2.05, 4.69) is 25.3 Å². The highest BCUT2D eigenvalue weighted by Crippen LogP contribution is 2.35. The summed E-state index contributed by atoms with van der Waals surface area (Å²) in [5, 5.41) is 11.6. The Labute approximate surface area is 136 Å². The lowest BCUT2D eigenvalue weighted by Gasteiger charge is -1.99. The van der Waals surface area contributed by atoms with Crippen LogP contribution in [0.1, 0.15) is 5.69 Å². The second-order valence-electron chi connectivity index (χ2n) is 5.51. The topological polar surface area (TPSA) is 90.2 Å². The van der Waals surface area contributed by atoms with Gasteiger partial charge < -0.3 is 9.47 Å². The van der Waals surface area contributed by atoms with Crippen molar-refractivity contribution in [3.05, 3.63) is 42.4 Å². The van der Waals surface area contributed by atoms with Gasteiger partial charge in [-0.05, 0) is 25.1 Å². The van der Waals surface area contributed by atoms with Crippen molar-refractivity contribution in [2.75, 3.05) is 6.79 Å². The molecule has 0 fully saturated rings. The Bertz CT molecular complexity index is 1070. The molecule has 4 aromatic rings. The lowest BCUT2D eigenvalue weighted by Crippen LogP contribution is -1.93. The number of fused-ring (bicyclic) bond motifs is 2. The summed E-state index contributed by atoms with van der Waals surface area (Å²) in [5.74, 6) is 2.66. The van der Waals surface area contributed by atoms with E-state index in [1.54, 1.807) is 10.7 Å². The van der Waals surface area contributed by atoms with E-state index in [1.807, 2.05) is 37.4 Å². The fourth-order valence-electron chi connectivity index (χ4n) is 2.67. The van der Waals surface area contributed by atoms with Gasteiger partial charge in [-0.15, -0.1) is 0 Å². The van der Waals surface area contributed by atoms with Crippen molar-refractivity contribution in [2.45, 2.75) is 6.92 Å². The molecule has 0 saturated carbocycles. The molecule has 3 aromatic heterocycles. The summed E-state index contributed by atoms with van der Waals surface area (Å²) in [6.45, 7) is 2.17. The van der Waals surface area contributed by atoms with Crippen LogP contribution in [0.2, 0.25) is 0 Å². The Morgan fingerprint density at radius 2 is 2.04 bits per heavy atom. The van der Waals surface area contributed by atoms with E-state index < -0.39 is 0 Å². The van der Waals surface area contributed by atoms with Gasteiger partial charge >= 0.3 is 0 Å². The fraction of sp³-hybridized carbons (Fsp3) is 0.125. The number of hydrogen-bond acceptors (Lipinski definition) is 6. The molecule has 8 heteroatoms. The minimum Gasteiger partial charge on any atom is -0.454 e. The zero-order valence-electron chi connectivity index (χ0n) is 12.7. The summed E-state index contributed by atoms with van der Waals surface area (Å²) in [5.41, 5.74) is 3.37. The number of benzene rings is 1. The SMILES string of the molecule is Cc1cc2ncc(-c3n[nH]c(-c4ccc5c(c4)OCO5)n3)cn2n1. The van der Waals surface area contributed by atoms with Gasteiger partial charge in [0.1, 0.15) is 0 Å². The largest absolute Gasteiger partial charge is 0.454 e. The van der Waals surface area contributed by atoms with E-state index in [4.69, 9.17) is 9.47 Å². The molecule has 0 saturated heterocycles. The molecule has 0 spiro atoms. The number of nitrogens with one attached hydrogen (secondary N) is 1. The molecule has 0 atom stereocenters. The van der Waals surface area contributed by atoms with Gasteiger partial charge in [-0.3, -0.25) is 5.10 Å². The summed E-state index contributed by atoms with van der Waals surface area (Å²) in [4.78, 5) is 8.92. The van der Waals surface area contributed by atoms with Gasteiger partial charge in [0.05, 0.1) is 11.3 Å². The minimum atomic E-state index is 0.245. The number of rotatable bonds is 2. The summed E-state index contributed by atoms with van der Waals surface area (Å²) < 4.78 is 12.4. The van der Waals surface area contributed by atoms with Crippen LogP contribution in [0.5, 0.6) is 11.5 Å². The molecule has 0 bridgehead atoms. The highest BCUT2D eigenvalue weighted by molar-refractivity contribution is 5.64. The first kappa shape index (κ1) is 13.1. The van der Waals surface area contributed by atoms with Crippen LogP contribution in [0.4, 0.5) is 0 Å². The molecule has 1 aliphatic rings. The minimum absolute atomic E-state index is 0.245. The molecule has 24 heavy (non-hydrogen) atoms. The maximum Gasteiger partial charge on any atom is 0.231 e. The van der Waals surface area contributed by atoms with Gasteiger partial charge in [-0.25, -0.2) is 14.5 Å². The third-order valence-electron chi connectivity index (χ3n) is 3.83. The van der Waals surface area contributed by atoms with Crippen LogP contribution in [0, 0.1) is 6.92 Å². The second-order valence-corrected chi connectivity index (χ2v) is 5.51. The Hall–Kier alpha value is -3.42. The van der Waals surface area contributed by atoms with E-state index in [0.29, 0.717) is 17.4 Å². The van der Waals surface area contributed by atoms with Gasteiger partial charge in [0.25, 0.3) is 0 Å². The highest BCUT2D eigenvalue weighted by Gasteiger charge is 2.16. The summed E-state index contributed by atoms with van der Waals surface area (Å²) in [6.07, 6.45) is 3.60. The third-order valence-corrected chi connectivity index (χ3v) is 3.83. The predicted molar refractivity (Wildman–Crippen MR) is 84.7 cm³/mol. The normalized spacial score (nSPS) is 12.9. The lowest BCUT2D eigenvalue weighted by atomic mass is 10.2. The van der Waals surface area contributed by atoms with Crippen LogP contribution < -0.4 is 9.47 Å². The van der Waals surface area contributed by atoms with Crippen molar-refractivity contribution in [1.82, 2.24) is 29.8 Å². The molecule has 1 aromatic carbocycles. The molecule has 1 aliphatic heterocycles. The molecule has 5 rings (SSSR count). The van der Waals surface area contributed by atoms with Crippen molar-refractivity contribution in [2.24, 2.45) is 0 Å². The number of aromatic amines is 1. The quantitative estimate of drug-likeness (QED) is 0.609. The van der Waals surface area contributed by atoms with Crippen molar-refractivity contribution in [3.8, 4) is 34.3 Å². The van der Waals surface area contributed by atoms with Crippen LogP contribution in [0.3, 0.4) is 0 Å². The van der Waals surface area contributed by atoms with Gasteiger partial charge in [0.2, 0.25) is 6.79 Å². The van der Waals surface area contributed by atoms with Crippen molar-refractivity contribution < 1.29 is 9.47 Å². The predicted octanol–water partition coefficient (Wildman–Crippen LogP) is 2.22. The molecule has 0 aliphatic carbocycles. The standard InChI is InChI=1S/C16H12N6O2/c1-9-4-14-17-6-11(7-22(14)21-9)16-18-15(19-20-16)10-2-3-12-13(5-10)24-8-23-12/h2-7H,8H2,1H3,(H,18,19,20). The van der Waals surface area contributed by atoms with E-state index in [0.717, 1.165) is 28.2 Å². The van der Waals surface area contributed by atoms with Crippen LogP contribution >= 0.6 is 0 Å². The first-order valence-corrected chi connectivity index (χ1v) is 7.41. The van der Waals surface area contributed by atoms with Crippen molar-refractivity contribution >= 4 is 5.65 Å². The lowest BCUT2D eigenvalue weighted by molar-refractivity contribution is 0.174. The Morgan fingerprint density at radius 1 is 1.12 bits per heavy atom. The number of aromatic nitrogens is 6. The van der Waals surface area contributed by atoms with Gasteiger partial charge in [-0.1, -0.05) is 0 Å². The zero-order valence-corrected chi connectivity index (χ0v) is 12.7. The molecule has 4 heterocycles. The molecule has 8 nitrogen and oxygen atoms in total. The first-order valence-electron chi connectivity index (χ1n) is 7.41. The highest BCUT2D eigenvalue weighted by atomic mass is 16.7. The maximum atomic E-state index is 5.40. The zero-order chi connectivity index (χ0) is 16.1. The first-order chi connectivity index (χ1) is 11.8. The molecule has 1 N–H and O–H groups in total. The van der Waals surface area contributed by atoms with Crippen LogP contribution in [-0.4, -0.2) is 36.6 Å². The van der Waals surface area contributed by atoms with Gasteiger partial charge in [-0.2, -0.15) is 10.2 Å². The summed E-state index contributed by atoms with van der Waals surface area (Å²) in [6, 6.07) is 7.57. The Balaban J connectivity index is 1.53. The summed E-state index contributed by atoms with van der Waals surface area (Å²) in [7, 11) is 0. The van der Waals surface area contributed by atoms with Crippen molar-refractivity contribution in [1.29, 1.82) is 0 Å². The Kier molecular flexibility index (Phi) is 2.60. The second kappa shape index (κ2) is 4.79. The third kappa shape index (κ3) is 2.00. The monoisotopic (exact) mass is 320 g/mol. The van der Waals surface area contributed by atoms with E-state index in [1.165, 1.54) is 0 Å². The van der Waals surface area contributed by atoms with Crippen LogP contribution in [0.25, 0.3) is 28.4 Å². The summed E-state index contributed by atoms with van der Waals surface area (Å²) >= 11 is 0. The van der Waals surface area contributed by atoms with Gasteiger partial charge in [0, 0.05) is 24.0 Å². The molecule has 0 unspecified atom stereocenters. The van der Waals surface area contributed by atoms with E-state index >= 15 is 0 Å². The number of aryl methyl sites for hydroxylation is 1.